The van der Waals surface area contributed by atoms with Crippen LogP contribution in [-0.2, 0) is 9.68 Å². The number of aliphatic carboxylic acids is 1. The quantitative estimate of drug-likeness (QED) is 0.325. The number of carboxylic acid groups (broad SMARTS) is 1. The molecule has 0 aliphatic heterocycles. The van der Waals surface area contributed by atoms with Gasteiger partial charge in [-0.1, -0.05) is 26.2 Å². The molecule has 102 valence electrons. The SMILES string of the molecule is C#CC(=O)O.CCCCCCOO.c1c[nH]cn1. The number of hydrogen-bond donors (Lipinski definition) is 3. The second-order valence-corrected chi connectivity index (χ2v) is 3.10. The molecule has 0 atom stereocenters. The Bertz CT molecular complexity index is 270. The summed E-state index contributed by atoms with van der Waals surface area (Å²) < 4.78 is 0. The van der Waals surface area contributed by atoms with E-state index in [1.807, 2.05) is 0 Å². The van der Waals surface area contributed by atoms with E-state index in [9.17, 15) is 0 Å². The van der Waals surface area contributed by atoms with Crippen molar-refractivity contribution in [1.82, 2.24) is 9.97 Å². The van der Waals surface area contributed by atoms with Gasteiger partial charge in [-0.05, 0) is 6.42 Å². The number of nitrogens with zero attached hydrogens (tertiary/aromatic N) is 1. The van der Waals surface area contributed by atoms with Gasteiger partial charge >= 0.3 is 5.97 Å². The van der Waals surface area contributed by atoms with Gasteiger partial charge in [-0.25, -0.2) is 14.7 Å². The molecule has 6 nitrogen and oxygen atoms in total. The molecule has 0 radical (unpaired) electrons. The number of H-pyrrole nitrogens is 1. The summed E-state index contributed by atoms with van der Waals surface area (Å²) in [6.45, 7) is 2.64. The molecule has 0 amide bonds. The fraction of sp³-hybridized carbons (Fsp3) is 0.500. The average molecular weight is 256 g/mol. The van der Waals surface area contributed by atoms with E-state index in [0.717, 1.165) is 12.8 Å². The van der Waals surface area contributed by atoms with Crippen molar-refractivity contribution >= 4 is 5.97 Å². The molecule has 0 fully saturated rings. The number of nitrogens with one attached hydrogen (secondary N) is 1. The zero-order valence-corrected chi connectivity index (χ0v) is 10.5. The summed E-state index contributed by atoms with van der Waals surface area (Å²) in [4.78, 5) is 19.4. The van der Waals surface area contributed by atoms with Crippen LogP contribution >= 0.6 is 0 Å². The van der Waals surface area contributed by atoms with Crippen LogP contribution < -0.4 is 0 Å². The molecule has 0 saturated carbocycles. The van der Waals surface area contributed by atoms with Gasteiger partial charge in [-0.3, -0.25) is 5.26 Å². The molecule has 1 aromatic heterocycles. The molecule has 0 saturated heterocycles. The molecule has 6 heteroatoms. The Hall–Kier alpha value is -1.84. The van der Waals surface area contributed by atoms with E-state index in [1.165, 1.54) is 18.8 Å². The lowest BCUT2D eigenvalue weighted by atomic mass is 10.2. The highest BCUT2D eigenvalue weighted by Crippen LogP contribution is 1.97. The summed E-state index contributed by atoms with van der Waals surface area (Å²) in [5.74, 6) is 0.227. The average Bonchev–Trinajstić information content (AvgIpc) is 2.94. The summed E-state index contributed by atoms with van der Waals surface area (Å²) in [7, 11) is 0. The molecule has 1 heterocycles. The molecule has 0 unspecified atom stereocenters. The molecule has 0 spiro atoms. The summed E-state index contributed by atoms with van der Waals surface area (Å²) in [6, 6.07) is 0. The molecular formula is C12H20N2O4. The predicted molar refractivity (Wildman–Crippen MR) is 67.8 cm³/mol. The molecule has 1 aromatic rings. The zero-order chi connectivity index (χ0) is 14.1. The Balaban J connectivity index is 0. The van der Waals surface area contributed by atoms with Gasteiger partial charge < -0.3 is 10.1 Å². The van der Waals surface area contributed by atoms with E-state index in [-0.39, 0.29) is 0 Å². The van der Waals surface area contributed by atoms with Crippen LogP contribution in [0.5, 0.6) is 0 Å². The molecule has 3 N–H and O–H groups in total. The second-order valence-electron chi connectivity index (χ2n) is 3.10. The maximum Gasteiger partial charge on any atom is 0.381 e. The van der Waals surface area contributed by atoms with Crippen molar-refractivity contribution in [3.63, 3.8) is 0 Å². The topological polar surface area (TPSA) is 95.4 Å². The highest BCUT2D eigenvalue weighted by molar-refractivity contribution is 5.85. The molecule has 0 aliphatic carbocycles. The lowest BCUT2D eigenvalue weighted by molar-refractivity contribution is -0.242. The number of imidazole rings is 1. The van der Waals surface area contributed by atoms with Crippen molar-refractivity contribution in [2.45, 2.75) is 32.6 Å². The van der Waals surface area contributed by atoms with Gasteiger partial charge in [0.1, 0.15) is 0 Å². The van der Waals surface area contributed by atoms with E-state index in [2.05, 4.69) is 28.2 Å². The van der Waals surface area contributed by atoms with Gasteiger partial charge in [-0.2, -0.15) is 0 Å². The maximum atomic E-state index is 9.13. The molecule has 1 rings (SSSR count). The van der Waals surface area contributed by atoms with E-state index < -0.39 is 5.97 Å². The Morgan fingerprint density at radius 2 is 2.17 bits per heavy atom. The Labute approximate surface area is 107 Å². The smallest absolute Gasteiger partial charge is 0.381 e. The summed E-state index contributed by atoms with van der Waals surface area (Å²) in [5, 5.41) is 15.4. The van der Waals surface area contributed by atoms with Crippen molar-refractivity contribution in [3.05, 3.63) is 18.7 Å². The van der Waals surface area contributed by atoms with Crippen LogP contribution in [0.3, 0.4) is 0 Å². The van der Waals surface area contributed by atoms with Gasteiger partial charge in [0.2, 0.25) is 0 Å². The Kier molecular flexibility index (Phi) is 18.1. The summed E-state index contributed by atoms with van der Waals surface area (Å²) in [6.07, 6.45) is 14.0. The number of aromatic nitrogens is 2. The maximum absolute atomic E-state index is 9.13. The first-order valence-corrected chi connectivity index (χ1v) is 5.57. The van der Waals surface area contributed by atoms with Crippen LogP contribution in [0.1, 0.15) is 32.6 Å². The van der Waals surface area contributed by atoms with Crippen molar-refractivity contribution in [2.24, 2.45) is 0 Å². The highest BCUT2D eigenvalue weighted by Gasteiger charge is 1.84. The van der Waals surface area contributed by atoms with E-state index in [4.69, 9.17) is 15.2 Å². The fourth-order valence-electron chi connectivity index (χ4n) is 0.809. The predicted octanol–water partition coefficient (Wildman–Crippen LogP) is 2.17. The van der Waals surface area contributed by atoms with Crippen molar-refractivity contribution in [2.75, 3.05) is 6.61 Å². The zero-order valence-electron chi connectivity index (χ0n) is 10.5. The first-order chi connectivity index (χ1) is 8.68. The van der Waals surface area contributed by atoms with E-state index in [1.54, 1.807) is 18.7 Å². The first-order valence-electron chi connectivity index (χ1n) is 5.57. The standard InChI is InChI=1S/C6H14O2.C3H4N2.C3H2O2/c1-2-3-4-5-6-8-7;1-2-5-3-4-1;1-2-3(4)5/h7H,2-6H2,1H3;1-3H,(H,4,5);1H,(H,4,5). The minimum atomic E-state index is -1.22. The Morgan fingerprint density at radius 1 is 1.50 bits per heavy atom. The molecule has 18 heavy (non-hydrogen) atoms. The largest absolute Gasteiger partial charge is 0.472 e. The third-order valence-corrected chi connectivity index (χ3v) is 1.62. The number of aromatic amines is 1. The first kappa shape index (κ1) is 18.5. The number of carboxylic acids is 1. The third kappa shape index (κ3) is 23.8. The highest BCUT2D eigenvalue weighted by atomic mass is 17.1. The third-order valence-electron chi connectivity index (χ3n) is 1.62. The second kappa shape index (κ2) is 17.6. The molecule has 0 aromatic carbocycles. The van der Waals surface area contributed by atoms with Crippen molar-refractivity contribution < 1.29 is 20.0 Å². The van der Waals surface area contributed by atoms with Crippen LogP contribution in [0.25, 0.3) is 0 Å². The van der Waals surface area contributed by atoms with Crippen molar-refractivity contribution in [3.8, 4) is 12.3 Å². The monoisotopic (exact) mass is 256 g/mol. The number of carbonyl (C=O) groups is 1. The van der Waals surface area contributed by atoms with Crippen molar-refractivity contribution in [1.29, 1.82) is 0 Å². The van der Waals surface area contributed by atoms with Crippen LogP contribution in [0.2, 0.25) is 0 Å². The van der Waals surface area contributed by atoms with Gasteiger partial charge in [0, 0.05) is 18.3 Å². The molecule has 0 bridgehead atoms. The van der Waals surface area contributed by atoms with Gasteiger partial charge in [-0.15, -0.1) is 6.42 Å². The summed E-state index contributed by atoms with van der Waals surface area (Å²) >= 11 is 0. The van der Waals surface area contributed by atoms with Crippen LogP contribution in [0, 0.1) is 12.3 Å². The van der Waals surface area contributed by atoms with E-state index in [0.29, 0.717) is 6.61 Å². The minimum absolute atomic E-state index is 0.486. The minimum Gasteiger partial charge on any atom is -0.472 e. The number of unbranched alkanes of at least 4 members (excludes halogenated alkanes) is 3. The van der Waals surface area contributed by atoms with Crippen LogP contribution in [0.15, 0.2) is 18.7 Å². The fourth-order valence-corrected chi connectivity index (χ4v) is 0.809. The lowest BCUT2D eigenvalue weighted by Gasteiger charge is -1.93. The number of hydrogen-bond acceptors (Lipinski definition) is 4. The lowest BCUT2D eigenvalue weighted by Crippen LogP contribution is -1.87. The number of rotatable bonds is 5. The van der Waals surface area contributed by atoms with Gasteiger partial charge in [0.25, 0.3) is 0 Å². The normalized spacial score (nSPS) is 8.06. The van der Waals surface area contributed by atoms with E-state index >= 15 is 0 Å². The van der Waals surface area contributed by atoms with Gasteiger partial charge in [0.05, 0.1) is 12.9 Å². The van der Waals surface area contributed by atoms with Gasteiger partial charge in [0.15, 0.2) is 0 Å². The molecule has 0 aliphatic rings. The number of terminal acetylenes is 1. The summed E-state index contributed by atoms with van der Waals surface area (Å²) in [5.41, 5.74) is 0. The molecular weight excluding hydrogens is 236 g/mol. The Morgan fingerprint density at radius 3 is 2.44 bits per heavy atom. The van der Waals surface area contributed by atoms with Crippen LogP contribution in [0.4, 0.5) is 0 Å². The van der Waals surface area contributed by atoms with Crippen LogP contribution in [-0.4, -0.2) is 32.9 Å².